The van der Waals surface area contributed by atoms with Crippen molar-refractivity contribution in [1.29, 1.82) is 0 Å². The lowest BCUT2D eigenvalue weighted by atomic mass is 9.99. The maximum absolute atomic E-state index is 13.7. The monoisotopic (exact) mass is 346 g/mol. The zero-order valence-corrected chi connectivity index (χ0v) is 14.4. The number of carbonyl (C=O) groups is 1. The van der Waals surface area contributed by atoms with Crippen LogP contribution < -0.4 is 5.73 Å². The number of benzene rings is 1. The number of likely N-dealkylation sites (N-methyl/N-ethyl adjacent to an activating group) is 1. The number of aromatic nitrogens is 2. The van der Waals surface area contributed by atoms with Crippen molar-refractivity contribution in [2.75, 3.05) is 13.6 Å². The molecule has 0 spiro atoms. The van der Waals surface area contributed by atoms with Crippen molar-refractivity contribution in [3.05, 3.63) is 53.6 Å². The van der Waals surface area contributed by atoms with Gasteiger partial charge in [-0.05, 0) is 30.5 Å². The molecule has 0 aliphatic carbocycles. The summed E-state index contributed by atoms with van der Waals surface area (Å²) in [6.45, 7) is 0.406. The minimum atomic E-state index is -0.508. The average molecular weight is 346 g/mol. The van der Waals surface area contributed by atoms with Crippen molar-refractivity contribution in [2.45, 2.75) is 31.1 Å². The number of hydrogen-bond donors (Lipinski definition) is 1. The number of rotatable bonds is 5. The summed E-state index contributed by atoms with van der Waals surface area (Å²) >= 11 is 0. The molecule has 1 amide bonds. The van der Waals surface area contributed by atoms with Crippen LogP contribution in [0.25, 0.3) is 0 Å². The van der Waals surface area contributed by atoms with Gasteiger partial charge < -0.3 is 15.4 Å². The van der Waals surface area contributed by atoms with Crippen molar-refractivity contribution in [2.24, 2.45) is 12.8 Å². The maximum Gasteiger partial charge on any atom is 0.252 e. The molecule has 2 N–H and O–H groups in total. The van der Waals surface area contributed by atoms with Crippen molar-refractivity contribution in [3.8, 4) is 0 Å². The highest BCUT2D eigenvalue weighted by Gasteiger charge is 2.35. The van der Waals surface area contributed by atoms with Crippen LogP contribution >= 0.6 is 0 Å². The van der Waals surface area contributed by atoms with Gasteiger partial charge in [-0.2, -0.15) is 5.10 Å². The molecule has 0 bridgehead atoms. The van der Waals surface area contributed by atoms with Gasteiger partial charge in [-0.25, -0.2) is 4.39 Å². The van der Waals surface area contributed by atoms with Gasteiger partial charge in [-0.15, -0.1) is 0 Å². The fourth-order valence-electron chi connectivity index (χ4n) is 3.31. The first-order valence-corrected chi connectivity index (χ1v) is 8.35. The minimum Gasteiger partial charge on any atom is -0.364 e. The molecule has 1 unspecified atom stereocenters. The third-order valence-corrected chi connectivity index (χ3v) is 4.59. The van der Waals surface area contributed by atoms with E-state index in [0.29, 0.717) is 18.5 Å². The Bertz CT molecular complexity index is 748. The van der Waals surface area contributed by atoms with Crippen LogP contribution in [0, 0.1) is 5.82 Å². The first-order chi connectivity index (χ1) is 12.0. The van der Waals surface area contributed by atoms with E-state index in [1.165, 1.54) is 12.1 Å². The maximum atomic E-state index is 13.7. The average Bonchev–Trinajstić information content (AvgIpc) is 3.23. The zero-order chi connectivity index (χ0) is 18.0. The number of nitrogens with zero attached hydrogens (tertiary/aromatic N) is 3. The first-order valence-electron chi connectivity index (χ1n) is 8.35. The van der Waals surface area contributed by atoms with Gasteiger partial charge >= 0.3 is 0 Å². The van der Waals surface area contributed by atoms with Crippen LogP contribution in [0.5, 0.6) is 0 Å². The van der Waals surface area contributed by atoms with E-state index >= 15 is 0 Å². The number of ether oxygens (including phenoxy) is 1. The van der Waals surface area contributed by atoms with Crippen LogP contribution in [0.2, 0.25) is 0 Å². The van der Waals surface area contributed by atoms with Gasteiger partial charge in [0.2, 0.25) is 0 Å². The van der Waals surface area contributed by atoms with E-state index in [0.717, 1.165) is 12.0 Å². The summed E-state index contributed by atoms with van der Waals surface area (Å²) in [6.07, 6.45) is 4.36. The Hall–Kier alpha value is -2.25. The molecule has 3 atom stereocenters. The van der Waals surface area contributed by atoms with Gasteiger partial charge in [-0.1, -0.05) is 12.1 Å². The fourth-order valence-corrected chi connectivity index (χ4v) is 3.31. The lowest BCUT2D eigenvalue weighted by Crippen LogP contribution is -2.39. The van der Waals surface area contributed by atoms with Gasteiger partial charge in [0.25, 0.3) is 5.91 Å². The summed E-state index contributed by atoms with van der Waals surface area (Å²) in [5.41, 5.74) is 7.14. The Balaban J connectivity index is 1.90. The smallest absolute Gasteiger partial charge is 0.252 e. The molecular formula is C18H23FN4O2. The van der Waals surface area contributed by atoms with E-state index < -0.39 is 12.1 Å². The summed E-state index contributed by atoms with van der Waals surface area (Å²) in [5.74, 6) is -0.471. The molecule has 1 saturated heterocycles. The van der Waals surface area contributed by atoms with E-state index in [2.05, 4.69) is 5.10 Å². The number of nitrogens with two attached hydrogens (primary N) is 1. The number of amides is 1. The Morgan fingerprint density at radius 2 is 2.28 bits per heavy atom. The number of carbonyl (C=O) groups excluding carboxylic acids is 1. The predicted octanol–water partition coefficient (Wildman–Crippen LogP) is 1.61. The minimum absolute atomic E-state index is 0.0756. The number of hydrogen-bond acceptors (Lipinski definition) is 4. The molecule has 134 valence electrons. The van der Waals surface area contributed by atoms with Gasteiger partial charge in [0.05, 0.1) is 18.3 Å². The van der Waals surface area contributed by atoms with E-state index in [9.17, 15) is 9.18 Å². The summed E-state index contributed by atoms with van der Waals surface area (Å²) in [6, 6.07) is 5.85. The molecule has 2 heterocycles. The molecule has 1 aliphatic heterocycles. The van der Waals surface area contributed by atoms with Crippen molar-refractivity contribution < 1.29 is 13.9 Å². The first kappa shape index (κ1) is 17.6. The normalized spacial score (nSPS) is 21.3. The molecule has 7 heteroatoms. The van der Waals surface area contributed by atoms with Crippen LogP contribution in [-0.2, 0) is 16.6 Å². The highest BCUT2D eigenvalue weighted by Crippen LogP contribution is 2.30. The quantitative estimate of drug-likeness (QED) is 0.893. The summed E-state index contributed by atoms with van der Waals surface area (Å²) in [4.78, 5) is 14.5. The lowest BCUT2D eigenvalue weighted by molar-refractivity contribution is -0.143. The Kier molecular flexibility index (Phi) is 5.15. The van der Waals surface area contributed by atoms with Gasteiger partial charge in [-0.3, -0.25) is 9.48 Å². The highest BCUT2D eigenvalue weighted by molar-refractivity contribution is 5.81. The Morgan fingerprint density at radius 1 is 1.48 bits per heavy atom. The summed E-state index contributed by atoms with van der Waals surface area (Å²) in [5, 5.41) is 4.19. The molecule has 1 fully saturated rings. The molecule has 6 nitrogen and oxygen atoms in total. The van der Waals surface area contributed by atoms with Crippen LogP contribution in [-0.4, -0.2) is 46.4 Å². The third-order valence-electron chi connectivity index (χ3n) is 4.59. The standard InChI is InChI=1S/C18H23FN4O2/c1-22-11-13(10-21-22)17(12-4-3-5-14(19)8-12)23(2)18(24)16-7-6-15(9-20)25-16/h3-5,8,10-11,15-17H,6-7,9,20H2,1-2H3/t15-,16+,17?/m1/s1. The van der Waals surface area contributed by atoms with Crippen molar-refractivity contribution >= 4 is 5.91 Å². The highest BCUT2D eigenvalue weighted by atomic mass is 19.1. The van der Waals surface area contributed by atoms with Crippen molar-refractivity contribution in [1.82, 2.24) is 14.7 Å². The van der Waals surface area contributed by atoms with E-state index in [1.807, 2.05) is 12.3 Å². The summed E-state index contributed by atoms with van der Waals surface area (Å²) < 4.78 is 21.1. The molecule has 0 radical (unpaired) electrons. The van der Waals surface area contributed by atoms with Gasteiger partial charge in [0, 0.05) is 32.4 Å². The SMILES string of the molecule is CN(C(=O)[C@@H]1CC[C@H](CN)O1)C(c1cccc(F)c1)c1cnn(C)c1. The second kappa shape index (κ2) is 7.33. The Labute approximate surface area is 146 Å². The largest absolute Gasteiger partial charge is 0.364 e. The van der Waals surface area contributed by atoms with E-state index in [4.69, 9.17) is 10.5 Å². The van der Waals surface area contributed by atoms with Gasteiger partial charge in [0.15, 0.2) is 0 Å². The van der Waals surface area contributed by atoms with Gasteiger partial charge in [0.1, 0.15) is 11.9 Å². The van der Waals surface area contributed by atoms with Crippen LogP contribution in [0.15, 0.2) is 36.7 Å². The van der Waals surface area contributed by atoms with Crippen molar-refractivity contribution in [3.63, 3.8) is 0 Å². The molecule has 3 rings (SSSR count). The molecule has 0 saturated carbocycles. The predicted molar refractivity (Wildman–Crippen MR) is 91.2 cm³/mol. The molecule has 1 aromatic carbocycles. The second-order valence-corrected chi connectivity index (χ2v) is 6.41. The topological polar surface area (TPSA) is 73.4 Å². The zero-order valence-electron chi connectivity index (χ0n) is 14.4. The fraction of sp³-hybridized carbons (Fsp3) is 0.444. The van der Waals surface area contributed by atoms with Crippen LogP contribution in [0.1, 0.15) is 30.0 Å². The lowest BCUT2D eigenvalue weighted by Gasteiger charge is -2.30. The Morgan fingerprint density at radius 3 is 2.88 bits per heavy atom. The molecule has 1 aromatic heterocycles. The van der Waals surface area contributed by atoms with Crippen LogP contribution in [0.3, 0.4) is 0 Å². The third kappa shape index (κ3) is 3.72. The van der Waals surface area contributed by atoms with Crippen LogP contribution in [0.4, 0.5) is 4.39 Å². The van der Waals surface area contributed by atoms with E-state index in [1.54, 1.807) is 35.9 Å². The second-order valence-electron chi connectivity index (χ2n) is 6.41. The number of aryl methyl sites for hydroxylation is 1. The number of halogens is 1. The van der Waals surface area contributed by atoms with E-state index in [-0.39, 0.29) is 17.8 Å². The molecule has 25 heavy (non-hydrogen) atoms. The molecule has 1 aliphatic rings. The molecule has 2 aromatic rings. The summed E-state index contributed by atoms with van der Waals surface area (Å²) in [7, 11) is 3.52. The molecular weight excluding hydrogens is 323 g/mol.